The Labute approximate surface area is 225 Å². The van der Waals surface area contributed by atoms with Gasteiger partial charge in [0.05, 0.1) is 11.6 Å². The molecular weight excluding hydrogens is 560 g/mol. The maximum absolute atomic E-state index is 13.9. The Hall–Kier alpha value is -2.57. The lowest BCUT2D eigenvalue weighted by molar-refractivity contribution is -0.137. The number of piperidine rings is 1. The third kappa shape index (κ3) is 5.10. The number of nitrogens with zero attached hydrogens (tertiary/aromatic N) is 6. The second-order valence-corrected chi connectivity index (χ2v) is 12.4. The largest absolute Gasteiger partial charge is 0.339 e. The van der Waals surface area contributed by atoms with Gasteiger partial charge in [0.1, 0.15) is 4.90 Å². The van der Waals surface area contributed by atoms with Crippen LogP contribution in [0.5, 0.6) is 0 Å². The quantitative estimate of drug-likeness (QED) is 0.525. The summed E-state index contributed by atoms with van der Waals surface area (Å²) < 4.78 is 29.9. The van der Waals surface area contributed by atoms with Gasteiger partial charge in [0, 0.05) is 69.1 Å². The third-order valence-corrected chi connectivity index (χ3v) is 9.71. The maximum atomic E-state index is 13.9. The van der Waals surface area contributed by atoms with Crippen LogP contribution >= 0.6 is 15.9 Å². The highest BCUT2D eigenvalue weighted by atomic mass is 79.9. The van der Waals surface area contributed by atoms with Gasteiger partial charge in [0.2, 0.25) is 27.8 Å². The Bertz CT molecular complexity index is 1280. The van der Waals surface area contributed by atoms with E-state index in [1.54, 1.807) is 36.4 Å². The second-order valence-electron chi connectivity index (χ2n) is 9.62. The van der Waals surface area contributed by atoms with Gasteiger partial charge in [0.15, 0.2) is 0 Å². The monoisotopic (exact) mass is 590 g/mol. The number of benzene rings is 1. The molecule has 1 unspecified atom stereocenters. The van der Waals surface area contributed by atoms with E-state index in [0.717, 1.165) is 5.56 Å². The van der Waals surface area contributed by atoms with Gasteiger partial charge in [-0.3, -0.25) is 9.59 Å². The molecular formula is C25H31BrN6O4S. The van der Waals surface area contributed by atoms with Crippen molar-refractivity contribution in [3.05, 3.63) is 40.6 Å². The molecule has 12 heteroatoms. The lowest BCUT2D eigenvalue weighted by atomic mass is 9.98. The van der Waals surface area contributed by atoms with Crippen LogP contribution in [0, 0.1) is 5.92 Å². The molecule has 0 radical (unpaired) electrons. The van der Waals surface area contributed by atoms with Gasteiger partial charge in [-0.15, -0.1) is 0 Å². The fourth-order valence-electron chi connectivity index (χ4n) is 5.45. The summed E-state index contributed by atoms with van der Waals surface area (Å²) in [4.78, 5) is 40.2. The molecule has 10 nitrogen and oxygen atoms in total. The molecule has 0 N–H and O–H groups in total. The molecule has 0 spiro atoms. The number of piperazine rings is 1. The molecule has 2 saturated heterocycles. The lowest BCUT2D eigenvalue weighted by Crippen LogP contribution is -2.53. The highest BCUT2D eigenvalue weighted by Crippen LogP contribution is 2.40. The predicted molar refractivity (Wildman–Crippen MR) is 143 cm³/mol. The number of anilines is 2. The number of sulfonamides is 1. The predicted octanol–water partition coefficient (Wildman–Crippen LogP) is 2.29. The molecule has 0 saturated carbocycles. The number of hydrogen-bond donors (Lipinski definition) is 0. The van der Waals surface area contributed by atoms with E-state index in [1.807, 2.05) is 11.0 Å². The van der Waals surface area contributed by atoms with E-state index in [2.05, 4.69) is 30.8 Å². The summed E-state index contributed by atoms with van der Waals surface area (Å²) in [7, 11) is -3.91. The van der Waals surface area contributed by atoms with Crippen LogP contribution in [0.1, 0.15) is 31.7 Å². The standard InChI is InChI=1S/C25H31BrN6O4S/c1-2-22(33)32-10-6-18-15-20(26)16-21(23(18)32)37(35,36)31-9-3-5-19(17-31)24(34)29-11-13-30(14-12-29)25-27-7-4-8-28-25/h4,7-8,15-16,19H,2-3,5-6,9-14,17H2,1H3. The highest BCUT2D eigenvalue weighted by Gasteiger charge is 2.39. The first-order chi connectivity index (χ1) is 17.8. The number of fused-ring (bicyclic) bond motifs is 1. The fourth-order valence-corrected chi connectivity index (χ4v) is 7.89. The van der Waals surface area contributed by atoms with Gasteiger partial charge in [-0.05, 0) is 43.0 Å². The van der Waals surface area contributed by atoms with E-state index in [4.69, 9.17) is 0 Å². The molecule has 5 rings (SSSR count). The first-order valence-electron chi connectivity index (χ1n) is 12.7. The summed E-state index contributed by atoms with van der Waals surface area (Å²) in [5, 5.41) is 0. The van der Waals surface area contributed by atoms with Gasteiger partial charge in [-0.2, -0.15) is 4.31 Å². The maximum Gasteiger partial charge on any atom is 0.245 e. The minimum Gasteiger partial charge on any atom is -0.339 e. The van der Waals surface area contributed by atoms with Gasteiger partial charge < -0.3 is 14.7 Å². The Morgan fingerprint density at radius 2 is 1.78 bits per heavy atom. The Morgan fingerprint density at radius 3 is 2.49 bits per heavy atom. The van der Waals surface area contributed by atoms with Crippen LogP contribution in [0.25, 0.3) is 0 Å². The Kier molecular flexibility index (Phi) is 7.51. The topological polar surface area (TPSA) is 107 Å². The SMILES string of the molecule is CCC(=O)N1CCc2cc(Br)cc(S(=O)(=O)N3CCCC(C(=O)N4CCN(c5ncccn5)CC4)C3)c21. The zero-order valence-corrected chi connectivity index (χ0v) is 23.2. The minimum absolute atomic E-state index is 0.00390. The molecule has 3 aliphatic rings. The smallest absolute Gasteiger partial charge is 0.245 e. The molecule has 2 amide bonds. The van der Waals surface area contributed by atoms with E-state index >= 15 is 0 Å². The zero-order valence-electron chi connectivity index (χ0n) is 20.8. The number of hydrogen-bond acceptors (Lipinski definition) is 7. The van der Waals surface area contributed by atoms with E-state index in [1.165, 1.54) is 4.31 Å². The number of aromatic nitrogens is 2. The molecule has 0 bridgehead atoms. The molecule has 1 aromatic carbocycles. The summed E-state index contributed by atoms with van der Waals surface area (Å²) in [6.07, 6.45) is 5.60. The van der Waals surface area contributed by atoms with Gasteiger partial charge in [0.25, 0.3) is 0 Å². The van der Waals surface area contributed by atoms with Crippen molar-refractivity contribution in [2.75, 3.05) is 55.6 Å². The van der Waals surface area contributed by atoms with Crippen molar-refractivity contribution in [3.8, 4) is 0 Å². The van der Waals surface area contributed by atoms with Crippen LogP contribution < -0.4 is 9.80 Å². The summed E-state index contributed by atoms with van der Waals surface area (Å²) in [5.41, 5.74) is 1.34. The van der Waals surface area contributed by atoms with Crippen LogP contribution in [0.15, 0.2) is 40.0 Å². The first-order valence-corrected chi connectivity index (χ1v) is 15.0. The van der Waals surface area contributed by atoms with Gasteiger partial charge in [-0.25, -0.2) is 18.4 Å². The second kappa shape index (κ2) is 10.7. The molecule has 2 aromatic rings. The number of halogens is 1. The molecule has 1 aromatic heterocycles. The minimum atomic E-state index is -3.91. The summed E-state index contributed by atoms with van der Waals surface area (Å²) in [5.74, 6) is 0.165. The number of carbonyl (C=O) groups is 2. The van der Waals surface area contributed by atoms with Gasteiger partial charge in [-0.1, -0.05) is 22.9 Å². The van der Waals surface area contributed by atoms with E-state index in [9.17, 15) is 18.0 Å². The van der Waals surface area contributed by atoms with Gasteiger partial charge >= 0.3 is 0 Å². The molecule has 0 aliphatic carbocycles. The summed E-state index contributed by atoms with van der Waals surface area (Å²) in [6.45, 7) is 5.12. The van der Waals surface area contributed by atoms with Crippen molar-refractivity contribution in [1.82, 2.24) is 19.2 Å². The molecule has 1 atom stereocenters. The average Bonchev–Trinajstić information content (AvgIpc) is 3.36. The van der Waals surface area contributed by atoms with E-state index < -0.39 is 15.9 Å². The van der Waals surface area contributed by atoms with Crippen molar-refractivity contribution in [2.24, 2.45) is 5.92 Å². The van der Waals surface area contributed by atoms with Crippen LogP contribution in [-0.2, 0) is 26.0 Å². The van der Waals surface area contributed by atoms with Crippen LogP contribution in [0.2, 0.25) is 0 Å². The third-order valence-electron chi connectivity index (χ3n) is 7.37. The molecule has 2 fully saturated rings. The van der Waals surface area contributed by atoms with Crippen molar-refractivity contribution >= 4 is 49.4 Å². The molecule has 198 valence electrons. The van der Waals surface area contributed by atoms with Crippen LogP contribution in [0.4, 0.5) is 11.6 Å². The summed E-state index contributed by atoms with van der Waals surface area (Å²) in [6, 6.07) is 5.25. The molecule has 4 heterocycles. The normalized spacial score (nSPS) is 20.7. The highest BCUT2D eigenvalue weighted by molar-refractivity contribution is 9.10. The first kappa shape index (κ1) is 26.1. The van der Waals surface area contributed by atoms with E-state index in [0.29, 0.717) is 81.1 Å². The fraction of sp³-hybridized carbons (Fsp3) is 0.520. The van der Waals surface area contributed by atoms with Crippen molar-refractivity contribution in [1.29, 1.82) is 0 Å². The Morgan fingerprint density at radius 1 is 1.05 bits per heavy atom. The average molecular weight is 592 g/mol. The van der Waals surface area contributed by atoms with E-state index in [-0.39, 0.29) is 23.3 Å². The summed E-state index contributed by atoms with van der Waals surface area (Å²) >= 11 is 3.46. The van der Waals surface area contributed by atoms with Crippen LogP contribution in [-0.4, -0.2) is 85.2 Å². The van der Waals surface area contributed by atoms with Crippen molar-refractivity contribution in [2.45, 2.75) is 37.5 Å². The molecule has 37 heavy (non-hydrogen) atoms. The molecule has 3 aliphatic heterocycles. The van der Waals surface area contributed by atoms with Crippen LogP contribution in [0.3, 0.4) is 0 Å². The van der Waals surface area contributed by atoms with Crippen molar-refractivity contribution in [3.63, 3.8) is 0 Å². The number of carbonyl (C=O) groups excluding carboxylic acids is 2. The number of rotatable bonds is 5. The Balaban J connectivity index is 1.32. The number of amides is 2. The van der Waals surface area contributed by atoms with Crippen molar-refractivity contribution < 1.29 is 18.0 Å². The lowest BCUT2D eigenvalue weighted by Gasteiger charge is -2.38. The zero-order chi connectivity index (χ0) is 26.2.